The molecule has 0 amide bonds. The van der Waals surface area contributed by atoms with E-state index in [1.165, 1.54) is 44.1 Å². The van der Waals surface area contributed by atoms with E-state index in [9.17, 15) is 0 Å². The van der Waals surface area contributed by atoms with Crippen molar-refractivity contribution in [1.82, 2.24) is 0 Å². The molecule has 0 aromatic heterocycles. The third-order valence-electron chi connectivity index (χ3n) is 5.30. The van der Waals surface area contributed by atoms with E-state index >= 15 is 0 Å². The predicted octanol–water partition coefficient (Wildman–Crippen LogP) is 8.65. The first-order valence-corrected chi connectivity index (χ1v) is 10.6. The fraction of sp³-hybridized carbons (Fsp3) is 0.538. The van der Waals surface area contributed by atoms with Crippen molar-refractivity contribution >= 4 is 0 Å². The molecule has 0 radical (unpaired) electrons. The summed E-state index contributed by atoms with van der Waals surface area (Å²) >= 11 is 0. The Morgan fingerprint density at radius 2 is 1.88 bits per heavy atom. The van der Waals surface area contributed by atoms with Gasteiger partial charge < -0.3 is 0 Å². The van der Waals surface area contributed by atoms with Gasteiger partial charge in [-0.2, -0.15) is 0 Å². The lowest BCUT2D eigenvalue weighted by molar-refractivity contribution is 0.600. The highest BCUT2D eigenvalue weighted by Gasteiger charge is 2.13. The smallest absolute Gasteiger partial charge is 0.0131 e. The van der Waals surface area contributed by atoms with Gasteiger partial charge in [-0.25, -0.2) is 0 Å². The lowest BCUT2D eigenvalue weighted by Gasteiger charge is -2.20. The first-order chi connectivity index (χ1) is 12.7. The summed E-state index contributed by atoms with van der Waals surface area (Å²) < 4.78 is 0. The second kappa shape index (κ2) is 14.6. The Labute approximate surface area is 163 Å². The minimum absolute atomic E-state index is 0.623. The zero-order valence-electron chi connectivity index (χ0n) is 17.5. The Kier molecular flexibility index (Phi) is 12.6. The molecule has 1 aliphatic carbocycles. The molecule has 0 saturated heterocycles. The van der Waals surface area contributed by atoms with Crippen molar-refractivity contribution in [2.45, 2.75) is 85.0 Å². The molecule has 1 unspecified atom stereocenters. The average molecular weight is 353 g/mol. The SMILES string of the molecule is C=CCCCCC(C)=C1C/C=C\CC/C=C/CC(C(C)=CC=CCC)C1. The van der Waals surface area contributed by atoms with Crippen molar-refractivity contribution in [1.29, 1.82) is 0 Å². The van der Waals surface area contributed by atoms with Gasteiger partial charge in [0.25, 0.3) is 0 Å². The fourth-order valence-electron chi connectivity index (χ4n) is 3.42. The van der Waals surface area contributed by atoms with Gasteiger partial charge in [0.2, 0.25) is 0 Å². The Balaban J connectivity index is 2.94. The highest BCUT2D eigenvalue weighted by molar-refractivity contribution is 5.22. The molecule has 1 aliphatic rings. The predicted molar refractivity (Wildman–Crippen MR) is 119 cm³/mol. The highest BCUT2D eigenvalue weighted by Crippen LogP contribution is 2.30. The Hall–Kier alpha value is -1.56. The first kappa shape index (κ1) is 22.5. The van der Waals surface area contributed by atoms with Crippen LogP contribution in [0.15, 0.2) is 71.9 Å². The Morgan fingerprint density at radius 1 is 1.12 bits per heavy atom. The van der Waals surface area contributed by atoms with Crippen LogP contribution >= 0.6 is 0 Å². The summed E-state index contributed by atoms with van der Waals surface area (Å²) in [5.74, 6) is 0.623. The van der Waals surface area contributed by atoms with E-state index in [0.717, 1.165) is 25.7 Å². The number of allylic oxidation sites excluding steroid dienone is 11. The van der Waals surface area contributed by atoms with Crippen LogP contribution < -0.4 is 0 Å². The molecule has 0 fully saturated rings. The van der Waals surface area contributed by atoms with E-state index in [1.54, 1.807) is 11.1 Å². The van der Waals surface area contributed by atoms with Gasteiger partial charge >= 0.3 is 0 Å². The van der Waals surface area contributed by atoms with Crippen LogP contribution in [0, 0.1) is 5.92 Å². The van der Waals surface area contributed by atoms with Crippen LogP contribution in [0.25, 0.3) is 0 Å². The summed E-state index contributed by atoms with van der Waals surface area (Å²) in [4.78, 5) is 0. The van der Waals surface area contributed by atoms with Crippen molar-refractivity contribution in [3.63, 3.8) is 0 Å². The minimum atomic E-state index is 0.623. The Morgan fingerprint density at radius 3 is 2.62 bits per heavy atom. The van der Waals surface area contributed by atoms with Crippen LogP contribution in [0.5, 0.6) is 0 Å². The summed E-state index contributed by atoms with van der Waals surface area (Å²) in [6.45, 7) is 10.7. The molecule has 0 saturated carbocycles. The molecule has 144 valence electrons. The van der Waals surface area contributed by atoms with Crippen molar-refractivity contribution < 1.29 is 0 Å². The van der Waals surface area contributed by atoms with Gasteiger partial charge in [0.05, 0.1) is 0 Å². The second-order valence-electron chi connectivity index (χ2n) is 7.53. The molecule has 0 aromatic carbocycles. The van der Waals surface area contributed by atoms with Crippen molar-refractivity contribution in [2.75, 3.05) is 0 Å². The quantitative estimate of drug-likeness (QED) is 0.233. The maximum absolute atomic E-state index is 3.84. The lowest BCUT2D eigenvalue weighted by Crippen LogP contribution is -2.05. The maximum atomic E-state index is 3.84. The molecule has 0 heteroatoms. The van der Waals surface area contributed by atoms with E-state index in [0.29, 0.717) is 5.92 Å². The van der Waals surface area contributed by atoms with Crippen LogP contribution in [0.1, 0.15) is 85.0 Å². The standard InChI is InChI=1S/C26H40/c1-5-7-9-15-19-24(4)26-21-17-13-11-10-12-16-20-25(22-26)23(3)18-14-8-6-2/h5,8,12-14,16-18,25H,1,6-7,9-11,15,19-22H2,2-4H3/b14-8?,16-12+,17-13-,23-18?,26-24?. The van der Waals surface area contributed by atoms with E-state index < -0.39 is 0 Å². The first-order valence-electron chi connectivity index (χ1n) is 10.6. The van der Waals surface area contributed by atoms with Crippen LogP contribution in [-0.2, 0) is 0 Å². The topological polar surface area (TPSA) is 0 Å². The largest absolute Gasteiger partial charge is 0.103 e. The molecular formula is C26H40. The summed E-state index contributed by atoms with van der Waals surface area (Å²) in [6, 6.07) is 0. The van der Waals surface area contributed by atoms with Crippen LogP contribution in [-0.4, -0.2) is 0 Å². The molecule has 0 bridgehead atoms. The van der Waals surface area contributed by atoms with Crippen molar-refractivity contribution in [2.24, 2.45) is 5.92 Å². The number of rotatable bonds is 8. The molecule has 0 N–H and O–H groups in total. The molecule has 26 heavy (non-hydrogen) atoms. The molecule has 0 spiro atoms. The van der Waals surface area contributed by atoms with Crippen molar-refractivity contribution in [3.05, 3.63) is 71.9 Å². The summed E-state index contributed by atoms with van der Waals surface area (Å²) in [5, 5.41) is 0. The normalized spacial score (nSPS) is 24.1. The molecule has 1 atom stereocenters. The van der Waals surface area contributed by atoms with E-state index in [-0.39, 0.29) is 0 Å². The highest BCUT2D eigenvalue weighted by atomic mass is 14.2. The monoisotopic (exact) mass is 352 g/mol. The van der Waals surface area contributed by atoms with Gasteiger partial charge in [-0.05, 0) is 84.0 Å². The van der Waals surface area contributed by atoms with E-state index in [1.807, 2.05) is 6.08 Å². The van der Waals surface area contributed by atoms with Crippen LogP contribution in [0.2, 0.25) is 0 Å². The Bertz CT molecular complexity index is 536. The van der Waals surface area contributed by atoms with Crippen LogP contribution in [0.4, 0.5) is 0 Å². The summed E-state index contributed by atoms with van der Waals surface area (Å²) in [7, 11) is 0. The fourth-order valence-corrected chi connectivity index (χ4v) is 3.42. The number of unbranched alkanes of at least 4 members (excludes halogenated alkanes) is 2. The van der Waals surface area contributed by atoms with Gasteiger partial charge in [-0.1, -0.05) is 72.3 Å². The van der Waals surface area contributed by atoms with Gasteiger partial charge in [-0.15, -0.1) is 6.58 Å². The molecule has 0 heterocycles. The van der Waals surface area contributed by atoms with Gasteiger partial charge in [-0.3, -0.25) is 0 Å². The zero-order valence-corrected chi connectivity index (χ0v) is 17.5. The molecular weight excluding hydrogens is 312 g/mol. The molecule has 0 aromatic rings. The van der Waals surface area contributed by atoms with Gasteiger partial charge in [0, 0.05) is 0 Å². The minimum Gasteiger partial charge on any atom is -0.103 e. The number of hydrogen-bond donors (Lipinski definition) is 0. The van der Waals surface area contributed by atoms with E-state index in [2.05, 4.69) is 69.9 Å². The third kappa shape index (κ3) is 9.80. The lowest BCUT2D eigenvalue weighted by atomic mass is 9.85. The van der Waals surface area contributed by atoms with Crippen molar-refractivity contribution in [3.8, 4) is 0 Å². The third-order valence-corrected chi connectivity index (χ3v) is 5.30. The van der Waals surface area contributed by atoms with E-state index in [4.69, 9.17) is 0 Å². The maximum Gasteiger partial charge on any atom is -0.0131 e. The number of hydrogen-bond acceptors (Lipinski definition) is 0. The van der Waals surface area contributed by atoms with Crippen LogP contribution in [0.3, 0.4) is 0 Å². The average Bonchev–Trinajstić information content (AvgIpc) is 2.69. The second-order valence-corrected chi connectivity index (χ2v) is 7.53. The van der Waals surface area contributed by atoms with Gasteiger partial charge in [0.15, 0.2) is 0 Å². The molecule has 1 rings (SSSR count). The zero-order chi connectivity index (χ0) is 19.0. The molecule has 0 nitrogen and oxygen atoms in total. The summed E-state index contributed by atoms with van der Waals surface area (Å²) in [5.41, 5.74) is 4.79. The summed E-state index contributed by atoms with van der Waals surface area (Å²) in [6.07, 6.45) is 30.2. The van der Waals surface area contributed by atoms with Gasteiger partial charge in [0.1, 0.15) is 0 Å². The molecule has 0 aliphatic heterocycles.